The second kappa shape index (κ2) is 5.71. The number of aromatic nitrogens is 1. The molecule has 21 heavy (non-hydrogen) atoms. The third kappa shape index (κ3) is 2.74. The lowest BCUT2D eigenvalue weighted by molar-refractivity contribution is 0.371. The van der Waals surface area contributed by atoms with Gasteiger partial charge in [0.15, 0.2) is 11.5 Å². The van der Waals surface area contributed by atoms with Crippen LogP contribution >= 0.6 is 0 Å². The number of phenols is 1. The Labute approximate surface area is 123 Å². The van der Waals surface area contributed by atoms with E-state index in [0.29, 0.717) is 12.3 Å². The second-order valence-corrected chi connectivity index (χ2v) is 4.73. The van der Waals surface area contributed by atoms with Crippen molar-refractivity contribution in [2.45, 2.75) is 6.54 Å². The minimum atomic E-state index is 0.176. The van der Waals surface area contributed by atoms with Gasteiger partial charge in [-0.05, 0) is 30.3 Å². The maximum absolute atomic E-state index is 10.1. The third-order valence-corrected chi connectivity index (χ3v) is 3.39. The average Bonchev–Trinajstić information content (AvgIpc) is 2.54. The number of aromatic hydroxyl groups is 1. The first-order valence-electron chi connectivity index (χ1n) is 6.71. The van der Waals surface area contributed by atoms with Crippen molar-refractivity contribution in [3.8, 4) is 11.5 Å². The molecular formula is C17H16N2O2. The number of nitrogens with zero attached hydrogens (tertiary/aromatic N) is 1. The van der Waals surface area contributed by atoms with Gasteiger partial charge in [0.1, 0.15) is 0 Å². The fraction of sp³-hybridized carbons (Fsp3) is 0.118. The molecule has 2 aromatic carbocycles. The molecule has 0 unspecified atom stereocenters. The summed E-state index contributed by atoms with van der Waals surface area (Å²) < 4.78 is 5.11. The van der Waals surface area contributed by atoms with E-state index < -0.39 is 0 Å². The second-order valence-electron chi connectivity index (χ2n) is 4.73. The topological polar surface area (TPSA) is 54.4 Å². The number of nitrogens with one attached hydrogen (secondary N) is 1. The summed E-state index contributed by atoms with van der Waals surface area (Å²) in [5.74, 6) is 0.659. The number of methoxy groups -OCH3 is 1. The first-order chi connectivity index (χ1) is 10.3. The van der Waals surface area contributed by atoms with Crippen molar-refractivity contribution < 1.29 is 9.84 Å². The first-order valence-corrected chi connectivity index (χ1v) is 6.71. The van der Waals surface area contributed by atoms with Gasteiger partial charge in [-0.2, -0.15) is 0 Å². The molecule has 1 aromatic heterocycles. The maximum atomic E-state index is 10.1. The summed E-state index contributed by atoms with van der Waals surface area (Å²) in [6, 6.07) is 15.4. The number of ether oxygens (including phenoxy) is 1. The van der Waals surface area contributed by atoms with E-state index in [1.807, 2.05) is 42.5 Å². The first kappa shape index (κ1) is 13.2. The van der Waals surface area contributed by atoms with E-state index in [9.17, 15) is 5.11 Å². The molecule has 106 valence electrons. The molecule has 0 aliphatic carbocycles. The van der Waals surface area contributed by atoms with Gasteiger partial charge in [0.25, 0.3) is 0 Å². The normalized spacial score (nSPS) is 10.5. The number of hydrogen-bond donors (Lipinski definition) is 2. The Bertz CT molecular complexity index is 772. The van der Waals surface area contributed by atoms with E-state index in [1.54, 1.807) is 19.4 Å². The van der Waals surface area contributed by atoms with Crippen molar-refractivity contribution in [2.24, 2.45) is 0 Å². The third-order valence-electron chi connectivity index (χ3n) is 3.39. The largest absolute Gasteiger partial charge is 0.504 e. The van der Waals surface area contributed by atoms with Crippen LogP contribution in [0.4, 0.5) is 5.69 Å². The molecular weight excluding hydrogens is 264 g/mol. The van der Waals surface area contributed by atoms with Crippen LogP contribution in [0.5, 0.6) is 11.5 Å². The molecule has 4 nitrogen and oxygen atoms in total. The van der Waals surface area contributed by atoms with Crippen LogP contribution in [0.1, 0.15) is 5.56 Å². The van der Waals surface area contributed by atoms with Gasteiger partial charge < -0.3 is 15.2 Å². The van der Waals surface area contributed by atoms with Crippen LogP contribution in [0.2, 0.25) is 0 Å². The lowest BCUT2D eigenvalue weighted by Crippen LogP contribution is -2.00. The highest BCUT2D eigenvalue weighted by Gasteiger charge is 2.07. The molecule has 0 atom stereocenters. The number of anilines is 1. The molecule has 0 saturated carbocycles. The van der Waals surface area contributed by atoms with Crippen molar-refractivity contribution in [1.29, 1.82) is 0 Å². The van der Waals surface area contributed by atoms with Gasteiger partial charge >= 0.3 is 0 Å². The molecule has 0 aliphatic heterocycles. The molecule has 0 bridgehead atoms. The van der Waals surface area contributed by atoms with E-state index >= 15 is 0 Å². The lowest BCUT2D eigenvalue weighted by atomic mass is 10.1. The number of phenolic OH excluding ortho intramolecular Hbond substituents is 1. The number of pyridine rings is 1. The predicted octanol–water partition coefficient (Wildman–Crippen LogP) is 3.56. The minimum Gasteiger partial charge on any atom is -0.504 e. The van der Waals surface area contributed by atoms with Gasteiger partial charge in [-0.25, -0.2) is 0 Å². The number of rotatable bonds is 4. The monoisotopic (exact) mass is 280 g/mol. The maximum Gasteiger partial charge on any atom is 0.162 e. The molecule has 1 heterocycles. The van der Waals surface area contributed by atoms with Crippen LogP contribution in [0.15, 0.2) is 54.7 Å². The fourth-order valence-electron chi connectivity index (χ4n) is 2.26. The van der Waals surface area contributed by atoms with Crippen molar-refractivity contribution in [2.75, 3.05) is 12.4 Å². The van der Waals surface area contributed by atoms with E-state index in [2.05, 4.69) is 10.3 Å². The zero-order chi connectivity index (χ0) is 14.7. The summed E-state index contributed by atoms with van der Waals surface area (Å²) in [6.07, 6.45) is 1.78. The quantitative estimate of drug-likeness (QED) is 0.767. The lowest BCUT2D eigenvalue weighted by Gasteiger charge is -2.11. The fourth-order valence-corrected chi connectivity index (χ4v) is 2.26. The summed E-state index contributed by atoms with van der Waals surface area (Å²) >= 11 is 0. The molecule has 0 fully saturated rings. The highest BCUT2D eigenvalue weighted by atomic mass is 16.5. The van der Waals surface area contributed by atoms with Gasteiger partial charge in [0, 0.05) is 29.4 Å². The SMILES string of the molecule is COc1cccc(CNc2ccc3ncccc3c2)c1O. The van der Waals surface area contributed by atoms with Gasteiger partial charge in [-0.15, -0.1) is 0 Å². The van der Waals surface area contributed by atoms with Crippen molar-refractivity contribution in [3.63, 3.8) is 0 Å². The Morgan fingerprint density at radius 2 is 2.05 bits per heavy atom. The summed E-state index contributed by atoms with van der Waals surface area (Å²) in [4.78, 5) is 4.29. The van der Waals surface area contributed by atoms with Crippen LogP contribution in [-0.2, 0) is 6.54 Å². The molecule has 2 N–H and O–H groups in total. The molecule has 0 spiro atoms. The van der Waals surface area contributed by atoms with Crippen LogP contribution in [0, 0.1) is 0 Å². The molecule has 0 radical (unpaired) electrons. The standard InChI is InChI=1S/C17H16N2O2/c1-21-16-6-2-4-13(17(16)20)11-19-14-7-8-15-12(10-14)5-3-9-18-15/h2-10,19-20H,11H2,1H3. The highest BCUT2D eigenvalue weighted by Crippen LogP contribution is 2.30. The number of fused-ring (bicyclic) bond motifs is 1. The van der Waals surface area contributed by atoms with Crippen molar-refractivity contribution >= 4 is 16.6 Å². The van der Waals surface area contributed by atoms with E-state index in [1.165, 1.54) is 0 Å². The van der Waals surface area contributed by atoms with E-state index in [0.717, 1.165) is 22.2 Å². The van der Waals surface area contributed by atoms with Crippen LogP contribution in [0.25, 0.3) is 10.9 Å². The van der Waals surface area contributed by atoms with Gasteiger partial charge in [-0.3, -0.25) is 4.98 Å². The van der Waals surface area contributed by atoms with Gasteiger partial charge in [0.05, 0.1) is 12.6 Å². The Morgan fingerprint density at radius 3 is 2.90 bits per heavy atom. The van der Waals surface area contributed by atoms with Crippen molar-refractivity contribution in [1.82, 2.24) is 4.98 Å². The molecule has 3 aromatic rings. The Kier molecular flexibility index (Phi) is 3.60. The molecule has 3 rings (SSSR count). The summed E-state index contributed by atoms with van der Waals surface area (Å²) in [5, 5.41) is 14.4. The number of benzene rings is 2. The summed E-state index contributed by atoms with van der Waals surface area (Å²) in [6.45, 7) is 0.523. The zero-order valence-corrected chi connectivity index (χ0v) is 11.7. The molecule has 0 aliphatic rings. The van der Waals surface area contributed by atoms with E-state index in [4.69, 9.17) is 4.74 Å². The van der Waals surface area contributed by atoms with Crippen molar-refractivity contribution in [3.05, 3.63) is 60.3 Å². The minimum absolute atomic E-state index is 0.176. The summed E-state index contributed by atoms with van der Waals surface area (Å²) in [5.41, 5.74) is 2.74. The number of para-hydroxylation sites is 1. The van der Waals surface area contributed by atoms with Crippen LogP contribution < -0.4 is 10.1 Å². The zero-order valence-electron chi connectivity index (χ0n) is 11.7. The smallest absolute Gasteiger partial charge is 0.162 e. The van der Waals surface area contributed by atoms with Crippen LogP contribution in [-0.4, -0.2) is 17.2 Å². The Hall–Kier alpha value is -2.75. The predicted molar refractivity (Wildman–Crippen MR) is 83.7 cm³/mol. The van der Waals surface area contributed by atoms with Gasteiger partial charge in [0.2, 0.25) is 0 Å². The average molecular weight is 280 g/mol. The summed E-state index contributed by atoms with van der Waals surface area (Å²) in [7, 11) is 1.54. The number of hydrogen-bond acceptors (Lipinski definition) is 4. The molecule has 4 heteroatoms. The van der Waals surface area contributed by atoms with E-state index in [-0.39, 0.29) is 5.75 Å². The Balaban J connectivity index is 1.80. The highest BCUT2D eigenvalue weighted by molar-refractivity contribution is 5.82. The molecule has 0 saturated heterocycles. The molecule has 0 amide bonds. The Morgan fingerprint density at radius 1 is 1.14 bits per heavy atom. The van der Waals surface area contributed by atoms with Gasteiger partial charge in [-0.1, -0.05) is 18.2 Å². The van der Waals surface area contributed by atoms with Crippen LogP contribution in [0.3, 0.4) is 0 Å².